The lowest BCUT2D eigenvalue weighted by Crippen LogP contribution is -2.18. The molecule has 10 nitrogen and oxygen atoms in total. The number of methoxy groups -OCH3 is 1. The predicted octanol–water partition coefficient (Wildman–Crippen LogP) is 2.31. The summed E-state index contributed by atoms with van der Waals surface area (Å²) in [7, 11) is 1.29. The fourth-order valence-electron chi connectivity index (χ4n) is 2.69. The van der Waals surface area contributed by atoms with Crippen LogP contribution >= 0.6 is 11.8 Å². The fraction of sp³-hybridized carbons (Fsp3) is 0.143. The van der Waals surface area contributed by atoms with Crippen molar-refractivity contribution in [3.8, 4) is 11.3 Å². The molecule has 1 aromatic heterocycles. The highest BCUT2D eigenvalue weighted by molar-refractivity contribution is 7.99. The van der Waals surface area contributed by atoms with E-state index in [4.69, 9.17) is 0 Å². The Morgan fingerprint density at radius 1 is 1.03 bits per heavy atom. The average molecular weight is 453 g/mol. The topological polar surface area (TPSA) is 143 Å². The molecule has 0 aliphatic rings. The van der Waals surface area contributed by atoms with Crippen LogP contribution in [0.1, 0.15) is 17.3 Å². The normalized spacial score (nSPS) is 10.3. The van der Waals surface area contributed by atoms with Crippen LogP contribution in [0.15, 0.2) is 58.5 Å². The fourth-order valence-corrected chi connectivity index (χ4v) is 3.29. The van der Waals surface area contributed by atoms with Gasteiger partial charge in [-0.05, 0) is 30.3 Å². The Morgan fingerprint density at radius 2 is 1.75 bits per heavy atom. The number of hydrogen-bond donors (Lipinski definition) is 3. The van der Waals surface area contributed by atoms with Gasteiger partial charge >= 0.3 is 5.97 Å². The van der Waals surface area contributed by atoms with Gasteiger partial charge in [-0.3, -0.25) is 19.4 Å². The van der Waals surface area contributed by atoms with Crippen molar-refractivity contribution in [2.45, 2.75) is 12.1 Å². The van der Waals surface area contributed by atoms with Gasteiger partial charge in [-0.1, -0.05) is 30.0 Å². The van der Waals surface area contributed by atoms with Crippen LogP contribution in [0.5, 0.6) is 0 Å². The van der Waals surface area contributed by atoms with E-state index in [1.807, 2.05) is 0 Å². The molecule has 0 atom stereocenters. The zero-order valence-electron chi connectivity index (χ0n) is 17.2. The first-order chi connectivity index (χ1) is 15.4. The summed E-state index contributed by atoms with van der Waals surface area (Å²) < 4.78 is 4.62. The molecule has 32 heavy (non-hydrogen) atoms. The van der Waals surface area contributed by atoms with E-state index in [0.29, 0.717) is 22.5 Å². The SMILES string of the molecule is COC(=O)c1ccc(NC(=O)CSc2nnc(-c3ccccc3NC(C)=O)c(=O)[nH]2)cc1. The molecule has 2 aromatic carbocycles. The second kappa shape index (κ2) is 10.4. The first-order valence-electron chi connectivity index (χ1n) is 9.32. The Labute approximate surface area is 186 Å². The number of carbonyl (C=O) groups is 3. The molecule has 0 radical (unpaired) electrons. The summed E-state index contributed by atoms with van der Waals surface area (Å²) in [5, 5.41) is 13.4. The monoisotopic (exact) mass is 453 g/mol. The molecule has 3 N–H and O–H groups in total. The van der Waals surface area contributed by atoms with Gasteiger partial charge in [0.05, 0.1) is 24.1 Å². The number of carbonyl (C=O) groups excluding carboxylic acids is 3. The smallest absolute Gasteiger partial charge is 0.337 e. The highest BCUT2D eigenvalue weighted by Gasteiger charge is 2.14. The lowest BCUT2D eigenvalue weighted by molar-refractivity contribution is -0.114. The number of para-hydroxylation sites is 1. The van der Waals surface area contributed by atoms with Crippen molar-refractivity contribution in [1.82, 2.24) is 15.2 Å². The number of benzene rings is 2. The van der Waals surface area contributed by atoms with Gasteiger partial charge in [0.1, 0.15) is 0 Å². The van der Waals surface area contributed by atoms with E-state index in [-0.39, 0.29) is 28.4 Å². The van der Waals surface area contributed by atoms with Gasteiger partial charge in [0.25, 0.3) is 5.56 Å². The maximum absolute atomic E-state index is 12.5. The number of amides is 2. The highest BCUT2D eigenvalue weighted by Crippen LogP contribution is 2.24. The van der Waals surface area contributed by atoms with Gasteiger partial charge in [-0.25, -0.2) is 4.79 Å². The number of H-pyrrole nitrogens is 1. The average Bonchev–Trinajstić information content (AvgIpc) is 2.78. The number of nitrogens with one attached hydrogen (secondary N) is 3. The Balaban J connectivity index is 1.64. The Hall–Kier alpha value is -3.99. The number of nitrogens with zero attached hydrogens (tertiary/aromatic N) is 2. The lowest BCUT2D eigenvalue weighted by atomic mass is 10.1. The maximum Gasteiger partial charge on any atom is 0.337 e. The van der Waals surface area contributed by atoms with Crippen molar-refractivity contribution in [2.75, 3.05) is 23.5 Å². The van der Waals surface area contributed by atoms with Crippen LogP contribution in [-0.2, 0) is 14.3 Å². The molecule has 1 heterocycles. The number of aromatic nitrogens is 3. The lowest BCUT2D eigenvalue weighted by Gasteiger charge is -2.08. The van der Waals surface area contributed by atoms with Crippen molar-refractivity contribution in [3.05, 3.63) is 64.4 Å². The van der Waals surface area contributed by atoms with Crippen molar-refractivity contribution in [3.63, 3.8) is 0 Å². The minimum atomic E-state index is -0.501. The van der Waals surface area contributed by atoms with Crippen molar-refractivity contribution in [2.24, 2.45) is 0 Å². The molecule has 0 saturated heterocycles. The number of aromatic amines is 1. The van der Waals surface area contributed by atoms with Crippen LogP contribution in [0, 0.1) is 0 Å². The summed E-state index contributed by atoms with van der Waals surface area (Å²) in [6, 6.07) is 13.0. The number of esters is 1. The number of thioether (sulfide) groups is 1. The molecular formula is C21H19N5O5S. The third-order valence-corrected chi connectivity index (χ3v) is 4.96. The molecule has 0 bridgehead atoms. The van der Waals surface area contributed by atoms with Crippen molar-refractivity contribution < 1.29 is 19.1 Å². The molecule has 0 spiro atoms. The second-order valence-electron chi connectivity index (χ2n) is 6.44. The molecule has 3 aromatic rings. The van der Waals surface area contributed by atoms with Crippen LogP contribution in [0.3, 0.4) is 0 Å². The molecule has 0 saturated carbocycles. The van der Waals surface area contributed by atoms with Crippen LogP contribution < -0.4 is 16.2 Å². The number of anilines is 2. The maximum atomic E-state index is 12.5. The molecule has 164 valence electrons. The second-order valence-corrected chi connectivity index (χ2v) is 7.40. The standard InChI is InChI=1S/C21H19N5O5S/c1-12(27)22-16-6-4-3-5-15(16)18-19(29)24-21(26-25-18)32-11-17(28)23-14-9-7-13(8-10-14)20(30)31-2/h3-10H,11H2,1-2H3,(H,22,27)(H,23,28)(H,24,26,29). The molecule has 0 fully saturated rings. The van der Waals surface area contributed by atoms with E-state index in [1.165, 1.54) is 26.2 Å². The first-order valence-corrected chi connectivity index (χ1v) is 10.3. The summed E-state index contributed by atoms with van der Waals surface area (Å²) in [4.78, 5) is 50.1. The van der Waals surface area contributed by atoms with Gasteiger partial charge < -0.3 is 15.4 Å². The molecule has 0 aliphatic heterocycles. The molecular weight excluding hydrogens is 434 g/mol. The Morgan fingerprint density at radius 3 is 2.41 bits per heavy atom. The molecule has 11 heteroatoms. The molecule has 0 unspecified atom stereocenters. The first kappa shape index (κ1) is 22.7. The number of ether oxygens (including phenoxy) is 1. The van der Waals surface area contributed by atoms with E-state index in [0.717, 1.165) is 11.8 Å². The van der Waals surface area contributed by atoms with E-state index >= 15 is 0 Å². The largest absolute Gasteiger partial charge is 0.465 e. The van der Waals surface area contributed by atoms with Crippen molar-refractivity contribution in [1.29, 1.82) is 0 Å². The quantitative estimate of drug-likeness (QED) is 0.365. The zero-order chi connectivity index (χ0) is 23.1. The molecule has 2 amide bonds. The van der Waals surface area contributed by atoms with Gasteiger partial charge in [0, 0.05) is 18.2 Å². The van der Waals surface area contributed by atoms with Crippen LogP contribution in [0.2, 0.25) is 0 Å². The van der Waals surface area contributed by atoms with Gasteiger partial charge in [-0.2, -0.15) is 0 Å². The van der Waals surface area contributed by atoms with E-state index < -0.39 is 11.5 Å². The highest BCUT2D eigenvalue weighted by atomic mass is 32.2. The summed E-state index contributed by atoms with van der Waals surface area (Å²) in [6.45, 7) is 1.37. The Bertz CT molecular complexity index is 1210. The van der Waals surface area contributed by atoms with Crippen molar-refractivity contribution >= 4 is 40.9 Å². The summed E-state index contributed by atoms with van der Waals surface area (Å²) in [5.41, 5.74) is 1.30. The summed E-state index contributed by atoms with van der Waals surface area (Å²) >= 11 is 1.01. The van der Waals surface area contributed by atoms with Gasteiger partial charge in [0.15, 0.2) is 10.9 Å². The third-order valence-electron chi connectivity index (χ3n) is 4.10. The van der Waals surface area contributed by atoms with E-state index in [2.05, 4.69) is 30.6 Å². The third kappa shape index (κ3) is 5.79. The number of rotatable bonds is 7. The molecule has 0 aliphatic carbocycles. The zero-order valence-corrected chi connectivity index (χ0v) is 18.0. The van der Waals surface area contributed by atoms with Gasteiger partial charge in [0.2, 0.25) is 11.8 Å². The summed E-state index contributed by atoms with van der Waals surface area (Å²) in [5.74, 6) is -1.10. The molecule has 3 rings (SSSR count). The Kier molecular flexibility index (Phi) is 7.34. The van der Waals surface area contributed by atoms with Crippen LogP contribution in [0.25, 0.3) is 11.3 Å². The summed E-state index contributed by atoms with van der Waals surface area (Å²) in [6.07, 6.45) is 0. The van der Waals surface area contributed by atoms with Crippen LogP contribution in [-0.4, -0.2) is 45.8 Å². The van der Waals surface area contributed by atoms with Gasteiger partial charge in [-0.15, -0.1) is 10.2 Å². The minimum absolute atomic E-state index is 0.0226. The van der Waals surface area contributed by atoms with Crippen LogP contribution in [0.4, 0.5) is 11.4 Å². The minimum Gasteiger partial charge on any atom is -0.465 e. The van der Waals surface area contributed by atoms with E-state index in [9.17, 15) is 19.2 Å². The predicted molar refractivity (Wildman–Crippen MR) is 120 cm³/mol. The number of hydrogen-bond acceptors (Lipinski definition) is 8. The van der Waals surface area contributed by atoms with E-state index in [1.54, 1.807) is 36.4 Å².